The van der Waals surface area contributed by atoms with E-state index >= 15 is 0 Å². The highest BCUT2D eigenvalue weighted by molar-refractivity contribution is 5.93. The van der Waals surface area contributed by atoms with Crippen molar-refractivity contribution in [1.82, 2.24) is 0 Å². The highest BCUT2D eigenvalue weighted by Crippen LogP contribution is 2.51. The van der Waals surface area contributed by atoms with Crippen molar-refractivity contribution in [1.29, 1.82) is 0 Å². The number of ether oxygens (including phenoxy) is 6. The lowest BCUT2D eigenvalue weighted by Gasteiger charge is -2.34. The van der Waals surface area contributed by atoms with E-state index in [1.807, 2.05) is 0 Å². The van der Waals surface area contributed by atoms with Gasteiger partial charge in [-0.15, -0.1) is 0 Å². The molecule has 3 fully saturated rings. The normalized spacial score (nSPS) is 44.4. The van der Waals surface area contributed by atoms with E-state index < -0.39 is 77.6 Å². The summed E-state index contributed by atoms with van der Waals surface area (Å²) in [6, 6.07) is 0. The number of hydrogen-bond acceptors (Lipinski definition) is 11. The Hall–Kier alpha value is -2.76. The Kier molecular flexibility index (Phi) is 5.86. The number of methoxy groups -OCH3 is 1. The van der Waals surface area contributed by atoms with Crippen molar-refractivity contribution in [3.05, 3.63) is 23.8 Å². The number of aliphatic hydroxyl groups is 1. The summed E-state index contributed by atoms with van der Waals surface area (Å²) in [6.07, 6.45) is -4.86. The van der Waals surface area contributed by atoms with Crippen molar-refractivity contribution < 1.29 is 52.7 Å². The molecule has 3 heterocycles. The van der Waals surface area contributed by atoms with Gasteiger partial charge in [-0.3, -0.25) is 4.79 Å². The van der Waals surface area contributed by atoms with Gasteiger partial charge in [0, 0.05) is 12.5 Å². The first-order valence-electron chi connectivity index (χ1n) is 10.9. The minimum absolute atomic E-state index is 0.0491. The number of rotatable bonds is 4. The first-order valence-corrected chi connectivity index (χ1v) is 10.9. The molecule has 3 aliphatic heterocycles. The summed E-state index contributed by atoms with van der Waals surface area (Å²) >= 11 is 0. The molecule has 4 rings (SSSR count). The Labute approximate surface area is 195 Å². The zero-order valence-corrected chi connectivity index (χ0v) is 19.6. The quantitative estimate of drug-likeness (QED) is 0.253. The molecule has 0 amide bonds. The van der Waals surface area contributed by atoms with Gasteiger partial charge in [-0.25, -0.2) is 14.4 Å². The van der Waals surface area contributed by atoms with Crippen LogP contribution in [0.2, 0.25) is 0 Å². The minimum atomic E-state index is -1.49. The van der Waals surface area contributed by atoms with Crippen molar-refractivity contribution in [3.63, 3.8) is 0 Å². The molecule has 0 saturated carbocycles. The molecule has 11 nitrogen and oxygen atoms in total. The van der Waals surface area contributed by atoms with Crippen LogP contribution in [0.25, 0.3) is 0 Å². The van der Waals surface area contributed by atoms with Crippen LogP contribution in [-0.4, -0.2) is 83.9 Å². The number of carbonyl (C=O) groups excluding carboxylic acids is 4. The minimum Gasteiger partial charge on any atom is -0.466 e. The van der Waals surface area contributed by atoms with Crippen LogP contribution in [0.5, 0.6) is 0 Å². The predicted octanol–water partition coefficient (Wildman–Crippen LogP) is 0.127. The summed E-state index contributed by atoms with van der Waals surface area (Å²) in [6.45, 7) is 9.80. The van der Waals surface area contributed by atoms with Gasteiger partial charge in [0.05, 0.1) is 30.8 Å². The van der Waals surface area contributed by atoms with E-state index in [-0.39, 0.29) is 17.6 Å². The summed E-state index contributed by atoms with van der Waals surface area (Å²) < 4.78 is 32.8. The number of aliphatic hydroxyl groups excluding tert-OH is 1. The summed E-state index contributed by atoms with van der Waals surface area (Å²) in [7, 11) is 1.14. The number of epoxide rings is 2. The summed E-state index contributed by atoms with van der Waals surface area (Å²) in [5, 5.41) is 10.8. The van der Waals surface area contributed by atoms with Gasteiger partial charge in [-0.1, -0.05) is 12.7 Å². The lowest BCUT2D eigenvalue weighted by molar-refractivity contribution is -0.175. The van der Waals surface area contributed by atoms with Crippen LogP contribution in [0.1, 0.15) is 34.1 Å². The van der Waals surface area contributed by atoms with E-state index in [1.165, 1.54) is 13.0 Å². The fraction of sp³-hybridized carbons (Fsp3) is 0.652. The maximum Gasteiger partial charge on any atom is 0.341 e. The van der Waals surface area contributed by atoms with E-state index in [0.717, 1.165) is 14.0 Å². The van der Waals surface area contributed by atoms with Crippen molar-refractivity contribution in [3.8, 4) is 0 Å². The second-order valence-electron chi connectivity index (χ2n) is 9.31. The molecule has 0 spiro atoms. The Morgan fingerprint density at radius 3 is 2.41 bits per heavy atom. The number of fused-ring (bicyclic) bond motifs is 3. The van der Waals surface area contributed by atoms with Crippen LogP contribution in [0.4, 0.5) is 0 Å². The Balaban J connectivity index is 1.85. The van der Waals surface area contributed by atoms with E-state index in [2.05, 4.69) is 6.58 Å². The van der Waals surface area contributed by atoms with Crippen LogP contribution in [0.15, 0.2) is 23.8 Å². The van der Waals surface area contributed by atoms with Gasteiger partial charge in [-0.2, -0.15) is 0 Å². The maximum absolute atomic E-state index is 13.1. The van der Waals surface area contributed by atoms with Crippen LogP contribution in [0, 0.1) is 5.92 Å². The number of hydrogen-bond donors (Lipinski definition) is 1. The molecule has 34 heavy (non-hydrogen) atoms. The van der Waals surface area contributed by atoms with Gasteiger partial charge in [0.1, 0.15) is 17.8 Å². The average Bonchev–Trinajstić information content (AvgIpc) is 3.61. The lowest BCUT2D eigenvalue weighted by Crippen LogP contribution is -2.50. The van der Waals surface area contributed by atoms with Crippen molar-refractivity contribution in [2.75, 3.05) is 7.11 Å². The molecule has 1 aliphatic carbocycles. The Morgan fingerprint density at radius 1 is 1.21 bits per heavy atom. The SMILES string of the molecule is C=C1C(=O)O[C@H]2[C@H]1[C@H](OC(=O)[C@]1(C)O[C@@H]1C)[C@H](OC(C)=O)/C(C(=O)OC)=C\C[C@@H](O)[C@@]1(C)O[C@H]21. The smallest absolute Gasteiger partial charge is 0.341 e. The van der Waals surface area contributed by atoms with Crippen molar-refractivity contribution in [2.24, 2.45) is 5.92 Å². The third-order valence-electron chi connectivity index (χ3n) is 7.13. The zero-order valence-electron chi connectivity index (χ0n) is 19.6. The molecule has 3 saturated heterocycles. The van der Waals surface area contributed by atoms with E-state index in [1.54, 1.807) is 13.8 Å². The molecule has 4 aliphatic rings. The van der Waals surface area contributed by atoms with Crippen molar-refractivity contribution >= 4 is 23.9 Å². The van der Waals surface area contributed by atoms with E-state index in [9.17, 15) is 24.3 Å². The molecular weight excluding hydrogens is 452 g/mol. The molecule has 1 N–H and O–H groups in total. The second-order valence-corrected chi connectivity index (χ2v) is 9.31. The highest BCUT2D eigenvalue weighted by Gasteiger charge is 2.68. The predicted molar refractivity (Wildman–Crippen MR) is 111 cm³/mol. The molecule has 11 heteroatoms. The molecule has 0 unspecified atom stereocenters. The van der Waals surface area contributed by atoms with Crippen LogP contribution < -0.4 is 0 Å². The monoisotopic (exact) mass is 480 g/mol. The average molecular weight is 480 g/mol. The molecular formula is C23H28O11. The van der Waals surface area contributed by atoms with Gasteiger partial charge in [-0.05, 0) is 27.2 Å². The summed E-state index contributed by atoms with van der Waals surface area (Å²) in [4.78, 5) is 50.5. The first-order chi connectivity index (χ1) is 15.8. The van der Waals surface area contributed by atoms with Gasteiger partial charge >= 0.3 is 23.9 Å². The fourth-order valence-electron chi connectivity index (χ4n) is 4.65. The third-order valence-corrected chi connectivity index (χ3v) is 7.13. The Morgan fingerprint density at radius 2 is 1.85 bits per heavy atom. The van der Waals surface area contributed by atoms with Crippen LogP contribution in [-0.2, 0) is 47.6 Å². The molecule has 186 valence electrons. The molecule has 9 atom stereocenters. The number of esters is 4. The number of carbonyl (C=O) groups is 4. The van der Waals surface area contributed by atoms with Crippen LogP contribution in [0.3, 0.4) is 0 Å². The standard InChI is InChI=1S/C23H28O11/c1-9-14-16(32-21(28)22(4)10(2)33-22)15(30-11(3)24)12(20(27)29-6)7-8-13(25)23(5)18(34-23)17(14)31-19(9)26/h7,10,13-18,25H,1,8H2,2-6H3/b12-7+/t10-,13-,14-,15-,16+,17+,18-,22-,23-/m1/s1. The zero-order chi connectivity index (χ0) is 25.2. The summed E-state index contributed by atoms with van der Waals surface area (Å²) in [5.74, 6) is -4.22. The molecule has 0 radical (unpaired) electrons. The van der Waals surface area contributed by atoms with Gasteiger partial charge in [0.25, 0.3) is 0 Å². The second kappa shape index (κ2) is 8.17. The third kappa shape index (κ3) is 3.81. The first kappa shape index (κ1) is 24.4. The fourth-order valence-corrected chi connectivity index (χ4v) is 4.65. The van der Waals surface area contributed by atoms with Crippen LogP contribution >= 0.6 is 0 Å². The topological polar surface area (TPSA) is 150 Å². The molecule has 0 aromatic heterocycles. The van der Waals surface area contributed by atoms with Gasteiger partial charge in [0.2, 0.25) is 0 Å². The lowest BCUT2D eigenvalue weighted by atomic mass is 9.79. The van der Waals surface area contributed by atoms with Gasteiger partial charge in [0.15, 0.2) is 17.8 Å². The van der Waals surface area contributed by atoms with Crippen molar-refractivity contribution in [2.45, 2.75) is 81.9 Å². The highest BCUT2D eigenvalue weighted by atomic mass is 16.7. The Bertz CT molecular complexity index is 985. The van der Waals surface area contributed by atoms with E-state index in [0.29, 0.717) is 0 Å². The largest absolute Gasteiger partial charge is 0.466 e. The van der Waals surface area contributed by atoms with E-state index in [4.69, 9.17) is 28.4 Å². The molecule has 0 aromatic carbocycles. The summed E-state index contributed by atoms with van der Waals surface area (Å²) in [5.41, 5.74) is -2.55. The van der Waals surface area contributed by atoms with Gasteiger partial charge < -0.3 is 33.5 Å². The molecule has 0 bridgehead atoms. The molecule has 0 aromatic rings. The maximum atomic E-state index is 13.1.